The first-order valence-electron chi connectivity index (χ1n) is 5.84. The van der Waals surface area contributed by atoms with Crippen LogP contribution < -0.4 is 15.4 Å². The number of pyridine rings is 1. The molecule has 0 amide bonds. The number of sulfonamides is 1. The molecule has 0 aromatic carbocycles. The number of anilines is 2. The van der Waals surface area contributed by atoms with E-state index >= 15 is 0 Å². The molecule has 108 valence electrons. The molecule has 0 unspecified atom stereocenters. The van der Waals surface area contributed by atoms with E-state index < -0.39 is 10.0 Å². The van der Waals surface area contributed by atoms with Gasteiger partial charge in [-0.15, -0.1) is 0 Å². The standard InChI is InChI=1S/C12H16N4O3S/c1-16(2)11-5-6-14-8-10(11)15-7-9-3-4-12(19-9)20(13,17)18/h3-6,8,15H,7H2,1-2H3,(H2,13,17,18). The highest BCUT2D eigenvalue weighted by molar-refractivity contribution is 7.89. The van der Waals surface area contributed by atoms with Crippen LogP contribution in [0.5, 0.6) is 0 Å². The number of primary sulfonamides is 1. The molecular formula is C12H16N4O3S. The Hall–Kier alpha value is -2.06. The van der Waals surface area contributed by atoms with Crippen LogP contribution in [0.1, 0.15) is 5.76 Å². The van der Waals surface area contributed by atoms with Crippen molar-refractivity contribution in [2.45, 2.75) is 11.6 Å². The topological polar surface area (TPSA) is 101 Å². The molecule has 7 nitrogen and oxygen atoms in total. The molecule has 0 aliphatic rings. The second-order valence-corrected chi connectivity index (χ2v) is 5.90. The number of nitrogens with zero attached hydrogens (tertiary/aromatic N) is 2. The van der Waals surface area contributed by atoms with Crippen molar-refractivity contribution in [2.75, 3.05) is 24.3 Å². The fourth-order valence-electron chi connectivity index (χ4n) is 1.70. The molecule has 0 spiro atoms. The van der Waals surface area contributed by atoms with E-state index in [9.17, 15) is 8.42 Å². The zero-order chi connectivity index (χ0) is 14.8. The summed E-state index contributed by atoms with van der Waals surface area (Å²) in [4.78, 5) is 6.00. The summed E-state index contributed by atoms with van der Waals surface area (Å²) in [5.74, 6) is 0.475. The third-order valence-electron chi connectivity index (χ3n) is 2.65. The summed E-state index contributed by atoms with van der Waals surface area (Å²) in [5, 5.41) is 7.88. The van der Waals surface area contributed by atoms with Crippen molar-refractivity contribution in [1.82, 2.24) is 4.98 Å². The van der Waals surface area contributed by atoms with Crippen molar-refractivity contribution in [3.63, 3.8) is 0 Å². The minimum atomic E-state index is -3.80. The monoisotopic (exact) mass is 296 g/mol. The van der Waals surface area contributed by atoms with Crippen molar-refractivity contribution in [3.05, 3.63) is 36.4 Å². The molecule has 0 fully saturated rings. The van der Waals surface area contributed by atoms with E-state index in [1.165, 1.54) is 6.07 Å². The molecule has 20 heavy (non-hydrogen) atoms. The lowest BCUT2D eigenvalue weighted by Crippen LogP contribution is -2.12. The molecule has 0 aliphatic carbocycles. The van der Waals surface area contributed by atoms with Crippen LogP contribution in [-0.2, 0) is 16.6 Å². The minimum absolute atomic E-state index is 0.242. The normalized spacial score (nSPS) is 11.3. The Kier molecular flexibility index (Phi) is 3.96. The van der Waals surface area contributed by atoms with Crippen molar-refractivity contribution >= 4 is 21.4 Å². The summed E-state index contributed by atoms with van der Waals surface area (Å²) < 4.78 is 27.4. The molecule has 3 N–H and O–H groups in total. The number of nitrogens with one attached hydrogen (secondary N) is 1. The van der Waals surface area contributed by atoms with Gasteiger partial charge in [-0.1, -0.05) is 0 Å². The number of furan rings is 1. The lowest BCUT2D eigenvalue weighted by molar-refractivity contribution is 0.419. The van der Waals surface area contributed by atoms with Gasteiger partial charge in [0.1, 0.15) is 5.76 Å². The molecule has 2 heterocycles. The van der Waals surface area contributed by atoms with Gasteiger partial charge in [-0.2, -0.15) is 0 Å². The van der Waals surface area contributed by atoms with Gasteiger partial charge in [0.15, 0.2) is 0 Å². The lowest BCUT2D eigenvalue weighted by Gasteiger charge is -2.17. The van der Waals surface area contributed by atoms with E-state index in [2.05, 4.69) is 10.3 Å². The highest BCUT2D eigenvalue weighted by Crippen LogP contribution is 2.23. The molecule has 2 aromatic rings. The van der Waals surface area contributed by atoms with E-state index in [4.69, 9.17) is 9.56 Å². The number of nitrogens with two attached hydrogens (primary N) is 1. The van der Waals surface area contributed by atoms with E-state index in [1.807, 2.05) is 25.1 Å². The molecule has 2 aromatic heterocycles. The third-order valence-corrected chi connectivity index (χ3v) is 3.43. The van der Waals surface area contributed by atoms with Crippen LogP contribution >= 0.6 is 0 Å². The summed E-state index contributed by atoms with van der Waals surface area (Å²) in [6.45, 7) is 0.335. The summed E-state index contributed by atoms with van der Waals surface area (Å²) in [6, 6.07) is 4.78. The van der Waals surface area contributed by atoms with Crippen LogP contribution in [0.15, 0.2) is 40.1 Å². The van der Waals surface area contributed by atoms with Gasteiger partial charge in [-0.25, -0.2) is 13.6 Å². The highest BCUT2D eigenvalue weighted by Gasteiger charge is 2.13. The Morgan fingerprint density at radius 3 is 2.70 bits per heavy atom. The van der Waals surface area contributed by atoms with Gasteiger partial charge in [0.25, 0.3) is 10.0 Å². The Morgan fingerprint density at radius 2 is 2.10 bits per heavy atom. The van der Waals surface area contributed by atoms with E-state index in [0.717, 1.165) is 11.4 Å². The number of aromatic nitrogens is 1. The van der Waals surface area contributed by atoms with Crippen LogP contribution in [0, 0.1) is 0 Å². The molecule has 8 heteroatoms. The SMILES string of the molecule is CN(C)c1ccncc1NCc1ccc(S(N)(=O)=O)o1. The molecular weight excluding hydrogens is 280 g/mol. The molecule has 0 saturated heterocycles. The van der Waals surface area contributed by atoms with E-state index in [-0.39, 0.29) is 5.09 Å². The van der Waals surface area contributed by atoms with Crippen LogP contribution in [0.2, 0.25) is 0 Å². The van der Waals surface area contributed by atoms with Crippen LogP contribution in [0.3, 0.4) is 0 Å². The number of hydrogen-bond acceptors (Lipinski definition) is 6. The van der Waals surface area contributed by atoms with Gasteiger partial charge in [-0.3, -0.25) is 4.98 Å². The first-order chi connectivity index (χ1) is 9.38. The van der Waals surface area contributed by atoms with Crippen molar-refractivity contribution in [1.29, 1.82) is 0 Å². The summed E-state index contributed by atoms with van der Waals surface area (Å²) in [7, 11) is 0.0447. The van der Waals surface area contributed by atoms with Crippen molar-refractivity contribution in [3.8, 4) is 0 Å². The quantitative estimate of drug-likeness (QED) is 0.853. The fraction of sp³-hybridized carbons (Fsp3) is 0.250. The average molecular weight is 296 g/mol. The fourth-order valence-corrected chi connectivity index (χ4v) is 2.18. The first kappa shape index (κ1) is 14.4. The molecule has 0 atom stereocenters. The Morgan fingerprint density at radius 1 is 1.35 bits per heavy atom. The Labute approximate surface area is 117 Å². The predicted octanol–water partition coefficient (Wildman–Crippen LogP) is 1.00. The van der Waals surface area contributed by atoms with Crippen LogP contribution in [0.25, 0.3) is 0 Å². The van der Waals surface area contributed by atoms with Gasteiger partial charge in [-0.05, 0) is 18.2 Å². The van der Waals surface area contributed by atoms with Crippen LogP contribution in [-0.4, -0.2) is 27.5 Å². The summed E-state index contributed by atoms with van der Waals surface area (Å²) in [5.41, 5.74) is 1.80. The Bertz CT molecular complexity index is 694. The maximum Gasteiger partial charge on any atom is 0.271 e. The zero-order valence-electron chi connectivity index (χ0n) is 11.2. The lowest BCUT2D eigenvalue weighted by atomic mass is 10.3. The number of hydrogen-bond donors (Lipinski definition) is 2. The molecule has 0 aliphatic heterocycles. The summed E-state index contributed by atoms with van der Waals surface area (Å²) >= 11 is 0. The van der Waals surface area contributed by atoms with Gasteiger partial charge in [0.2, 0.25) is 5.09 Å². The van der Waals surface area contributed by atoms with Crippen molar-refractivity contribution in [2.24, 2.45) is 5.14 Å². The second kappa shape index (κ2) is 5.51. The Balaban J connectivity index is 2.12. The second-order valence-electron chi connectivity index (χ2n) is 4.41. The largest absolute Gasteiger partial charge is 0.446 e. The number of rotatable bonds is 5. The maximum absolute atomic E-state index is 11.1. The van der Waals surface area contributed by atoms with E-state index in [0.29, 0.717) is 12.3 Å². The van der Waals surface area contributed by atoms with Gasteiger partial charge in [0, 0.05) is 20.3 Å². The zero-order valence-corrected chi connectivity index (χ0v) is 12.0. The molecule has 2 rings (SSSR count). The average Bonchev–Trinajstić information content (AvgIpc) is 2.85. The maximum atomic E-state index is 11.1. The molecule has 0 radical (unpaired) electrons. The predicted molar refractivity (Wildman–Crippen MR) is 76.0 cm³/mol. The third kappa shape index (κ3) is 3.28. The summed E-state index contributed by atoms with van der Waals surface area (Å²) in [6.07, 6.45) is 3.39. The first-order valence-corrected chi connectivity index (χ1v) is 7.39. The highest BCUT2D eigenvalue weighted by atomic mass is 32.2. The smallest absolute Gasteiger partial charge is 0.271 e. The molecule has 0 saturated carbocycles. The molecule has 0 bridgehead atoms. The van der Waals surface area contributed by atoms with Gasteiger partial charge >= 0.3 is 0 Å². The van der Waals surface area contributed by atoms with Gasteiger partial charge < -0.3 is 14.6 Å². The minimum Gasteiger partial charge on any atom is -0.446 e. The van der Waals surface area contributed by atoms with Gasteiger partial charge in [0.05, 0.1) is 24.1 Å². The van der Waals surface area contributed by atoms with Crippen LogP contribution in [0.4, 0.5) is 11.4 Å². The van der Waals surface area contributed by atoms with E-state index in [1.54, 1.807) is 18.5 Å². The van der Waals surface area contributed by atoms with Crippen molar-refractivity contribution < 1.29 is 12.8 Å².